The maximum absolute atomic E-state index is 12.4. The molecule has 0 aliphatic carbocycles. The lowest BCUT2D eigenvalue weighted by Gasteiger charge is -2.30. The number of aliphatic hydroxyl groups is 1. The van der Waals surface area contributed by atoms with Crippen LogP contribution < -0.4 is 0 Å². The molecule has 1 unspecified atom stereocenters. The Labute approximate surface area is 113 Å². The molecule has 1 aliphatic heterocycles. The van der Waals surface area contributed by atoms with Gasteiger partial charge in [-0.1, -0.05) is 6.07 Å². The smallest absolute Gasteiger partial charge is 0.260 e. The summed E-state index contributed by atoms with van der Waals surface area (Å²) in [4.78, 5) is 3.92. The number of hydrogen-bond donors (Lipinski definition) is 1. The summed E-state index contributed by atoms with van der Waals surface area (Å²) >= 11 is 0. The molecule has 1 aromatic heterocycles. The zero-order valence-electron chi connectivity index (χ0n) is 10.8. The van der Waals surface area contributed by atoms with E-state index in [4.69, 9.17) is 9.84 Å². The second kappa shape index (κ2) is 5.96. The number of piperidine rings is 1. The number of rotatable bonds is 4. The summed E-state index contributed by atoms with van der Waals surface area (Å²) in [7, 11) is -1.98. The fourth-order valence-electron chi connectivity index (χ4n) is 2.11. The van der Waals surface area contributed by atoms with Gasteiger partial charge >= 0.3 is 0 Å². The molecule has 2 rings (SSSR count). The summed E-state index contributed by atoms with van der Waals surface area (Å²) in [6.07, 6.45) is 2.98. The van der Waals surface area contributed by atoms with Gasteiger partial charge in [0.2, 0.25) is 0 Å². The molecule has 19 heavy (non-hydrogen) atoms. The molecule has 1 atom stereocenters. The van der Waals surface area contributed by atoms with Gasteiger partial charge in [-0.25, -0.2) is 13.4 Å². The minimum absolute atomic E-state index is 0.0152. The zero-order chi connectivity index (χ0) is 13.9. The van der Waals surface area contributed by atoms with E-state index in [1.807, 2.05) is 0 Å². The Morgan fingerprint density at radius 2 is 2.32 bits per heavy atom. The molecule has 0 amide bonds. The third-order valence-corrected chi connectivity index (χ3v) is 5.04. The number of hydrogen-bond acceptors (Lipinski definition) is 5. The minimum Gasteiger partial charge on any atom is -0.392 e. The van der Waals surface area contributed by atoms with Crippen LogP contribution in [-0.4, -0.2) is 49.1 Å². The number of aromatic nitrogens is 1. The molecule has 2 heterocycles. The van der Waals surface area contributed by atoms with Crippen molar-refractivity contribution >= 4 is 10.0 Å². The van der Waals surface area contributed by atoms with Crippen molar-refractivity contribution in [3.8, 4) is 0 Å². The van der Waals surface area contributed by atoms with Crippen LogP contribution in [-0.2, 0) is 21.4 Å². The van der Waals surface area contributed by atoms with Crippen LogP contribution in [0.15, 0.2) is 23.4 Å². The van der Waals surface area contributed by atoms with E-state index in [0.29, 0.717) is 18.7 Å². The molecule has 0 radical (unpaired) electrons. The van der Waals surface area contributed by atoms with E-state index in [-0.39, 0.29) is 17.7 Å². The number of nitrogens with zero attached hydrogens (tertiary/aromatic N) is 2. The van der Waals surface area contributed by atoms with E-state index in [0.717, 1.165) is 12.8 Å². The van der Waals surface area contributed by atoms with Crippen molar-refractivity contribution in [1.29, 1.82) is 0 Å². The van der Waals surface area contributed by atoms with Gasteiger partial charge in [0.15, 0.2) is 5.03 Å². The number of ether oxygens (including phenoxy) is 1. The molecule has 1 N–H and O–H groups in total. The second-order valence-corrected chi connectivity index (χ2v) is 6.41. The summed E-state index contributed by atoms with van der Waals surface area (Å²) in [5.74, 6) is 0. The van der Waals surface area contributed by atoms with E-state index in [1.165, 1.54) is 16.6 Å². The van der Waals surface area contributed by atoms with Crippen molar-refractivity contribution in [2.24, 2.45) is 0 Å². The minimum atomic E-state index is -3.57. The topological polar surface area (TPSA) is 79.7 Å². The van der Waals surface area contributed by atoms with Crippen molar-refractivity contribution in [3.05, 3.63) is 23.9 Å². The highest BCUT2D eigenvalue weighted by molar-refractivity contribution is 7.89. The lowest BCUT2D eigenvalue weighted by molar-refractivity contribution is 0.0571. The first kappa shape index (κ1) is 14.4. The molecule has 0 spiro atoms. The lowest BCUT2D eigenvalue weighted by atomic mass is 10.1. The van der Waals surface area contributed by atoms with Crippen molar-refractivity contribution in [3.63, 3.8) is 0 Å². The number of methoxy groups -OCH3 is 1. The van der Waals surface area contributed by atoms with Crippen LogP contribution in [0.25, 0.3) is 0 Å². The van der Waals surface area contributed by atoms with E-state index in [2.05, 4.69) is 4.98 Å². The quantitative estimate of drug-likeness (QED) is 0.865. The van der Waals surface area contributed by atoms with Crippen molar-refractivity contribution in [2.75, 3.05) is 20.2 Å². The third kappa shape index (κ3) is 3.11. The van der Waals surface area contributed by atoms with Gasteiger partial charge in [0, 0.05) is 26.4 Å². The number of pyridine rings is 1. The van der Waals surface area contributed by atoms with Crippen molar-refractivity contribution < 1.29 is 18.3 Å². The fraction of sp³-hybridized carbons (Fsp3) is 0.583. The molecule has 0 aromatic carbocycles. The molecular weight excluding hydrogens is 268 g/mol. The second-order valence-electron chi connectivity index (χ2n) is 4.53. The first-order chi connectivity index (χ1) is 9.07. The maximum atomic E-state index is 12.4. The van der Waals surface area contributed by atoms with E-state index in [1.54, 1.807) is 13.2 Å². The fourth-order valence-corrected chi connectivity index (χ4v) is 3.53. The molecule has 0 bridgehead atoms. The number of aliphatic hydroxyl groups excluding tert-OH is 1. The largest absolute Gasteiger partial charge is 0.392 e. The summed E-state index contributed by atoms with van der Waals surface area (Å²) in [5.41, 5.74) is 0.590. The highest BCUT2D eigenvalue weighted by Gasteiger charge is 2.31. The van der Waals surface area contributed by atoms with Crippen LogP contribution in [0.5, 0.6) is 0 Å². The van der Waals surface area contributed by atoms with Gasteiger partial charge in [-0.2, -0.15) is 4.31 Å². The Kier molecular flexibility index (Phi) is 4.51. The Hall–Kier alpha value is -1.02. The summed E-state index contributed by atoms with van der Waals surface area (Å²) in [6.45, 7) is 0.705. The highest BCUT2D eigenvalue weighted by Crippen LogP contribution is 2.20. The molecule has 1 aliphatic rings. The first-order valence-corrected chi connectivity index (χ1v) is 7.60. The van der Waals surface area contributed by atoms with Crippen LogP contribution in [0.1, 0.15) is 18.4 Å². The van der Waals surface area contributed by atoms with Crippen LogP contribution in [0.4, 0.5) is 0 Å². The zero-order valence-corrected chi connectivity index (χ0v) is 11.6. The Bertz CT molecular complexity index is 515. The molecule has 1 saturated heterocycles. The first-order valence-electron chi connectivity index (χ1n) is 6.16. The summed E-state index contributed by atoms with van der Waals surface area (Å²) in [5, 5.41) is 8.95. The normalized spacial score (nSPS) is 21.5. The maximum Gasteiger partial charge on any atom is 0.260 e. The molecule has 106 valence electrons. The van der Waals surface area contributed by atoms with Gasteiger partial charge in [0.25, 0.3) is 10.0 Å². The van der Waals surface area contributed by atoms with Gasteiger partial charge < -0.3 is 9.84 Å². The monoisotopic (exact) mass is 286 g/mol. The van der Waals surface area contributed by atoms with E-state index in [9.17, 15) is 8.42 Å². The molecule has 1 aromatic rings. The van der Waals surface area contributed by atoms with Crippen LogP contribution in [0, 0.1) is 0 Å². The molecular formula is C12H18N2O4S. The van der Waals surface area contributed by atoms with Crippen molar-refractivity contribution in [2.45, 2.75) is 30.6 Å². The highest BCUT2D eigenvalue weighted by atomic mass is 32.2. The van der Waals surface area contributed by atoms with Crippen LogP contribution in [0.3, 0.4) is 0 Å². The Morgan fingerprint density at radius 3 is 2.89 bits per heavy atom. The Balaban J connectivity index is 2.20. The summed E-state index contributed by atoms with van der Waals surface area (Å²) in [6, 6.07) is 2.99. The van der Waals surface area contributed by atoms with Crippen LogP contribution >= 0.6 is 0 Å². The van der Waals surface area contributed by atoms with Gasteiger partial charge in [0.05, 0.1) is 12.7 Å². The third-order valence-electron chi connectivity index (χ3n) is 3.26. The molecule has 1 fully saturated rings. The van der Waals surface area contributed by atoms with E-state index < -0.39 is 10.0 Å². The predicted molar refractivity (Wildman–Crippen MR) is 68.9 cm³/mol. The van der Waals surface area contributed by atoms with Gasteiger partial charge in [-0.15, -0.1) is 0 Å². The standard InChI is InChI=1S/C12H18N2O4S/c1-18-11-3-2-6-14(8-11)19(16,17)12-5-4-10(9-15)7-13-12/h4-5,7,11,15H,2-3,6,8-9H2,1H3. The lowest BCUT2D eigenvalue weighted by Crippen LogP contribution is -2.43. The van der Waals surface area contributed by atoms with Crippen LogP contribution in [0.2, 0.25) is 0 Å². The summed E-state index contributed by atoms with van der Waals surface area (Å²) < 4.78 is 31.4. The molecule has 6 nitrogen and oxygen atoms in total. The van der Waals surface area contributed by atoms with Gasteiger partial charge in [-0.05, 0) is 24.5 Å². The van der Waals surface area contributed by atoms with Gasteiger partial charge in [-0.3, -0.25) is 0 Å². The van der Waals surface area contributed by atoms with Crippen molar-refractivity contribution in [1.82, 2.24) is 9.29 Å². The molecule has 7 heteroatoms. The average Bonchev–Trinajstić information content (AvgIpc) is 2.47. The van der Waals surface area contributed by atoms with Gasteiger partial charge in [0.1, 0.15) is 0 Å². The SMILES string of the molecule is COC1CCCN(S(=O)(=O)c2ccc(CO)cn2)C1. The number of sulfonamides is 1. The van der Waals surface area contributed by atoms with E-state index >= 15 is 0 Å². The Morgan fingerprint density at radius 1 is 1.53 bits per heavy atom. The predicted octanol–water partition coefficient (Wildman–Crippen LogP) is 0.373. The average molecular weight is 286 g/mol. The molecule has 0 saturated carbocycles.